The van der Waals surface area contributed by atoms with Crippen LogP contribution in [0.2, 0.25) is 0 Å². The minimum absolute atomic E-state index is 0.671. The summed E-state index contributed by atoms with van der Waals surface area (Å²) in [6.07, 6.45) is 6.74. The topological polar surface area (TPSA) is 54.5 Å². The zero-order valence-electron chi connectivity index (χ0n) is 11.0. The van der Waals surface area contributed by atoms with Gasteiger partial charge in [0.2, 0.25) is 0 Å². The quantitative estimate of drug-likeness (QED) is 0.632. The van der Waals surface area contributed by atoms with Crippen molar-refractivity contribution in [1.82, 2.24) is 15.0 Å². The van der Waals surface area contributed by atoms with Gasteiger partial charge < -0.3 is 0 Å². The van der Waals surface area contributed by atoms with Gasteiger partial charge in [-0.25, -0.2) is 4.68 Å². The van der Waals surface area contributed by atoms with Crippen LogP contribution in [0.25, 0.3) is 17.0 Å². The van der Waals surface area contributed by atoms with Gasteiger partial charge in [-0.1, -0.05) is 41.6 Å². The second-order valence-electron chi connectivity index (χ2n) is 4.66. The normalized spacial score (nSPS) is 14.7. The maximum absolute atomic E-state index is 8.93. The number of thiocyanates is 1. The monoisotopic (exact) mass is 282 g/mol. The molecule has 0 unspecified atom stereocenters. The van der Waals surface area contributed by atoms with E-state index in [1.54, 1.807) is 0 Å². The van der Waals surface area contributed by atoms with E-state index in [0.29, 0.717) is 5.03 Å². The summed E-state index contributed by atoms with van der Waals surface area (Å²) in [6.45, 7) is 0. The Morgan fingerprint density at radius 3 is 2.75 bits per heavy atom. The molecule has 1 aliphatic rings. The molecule has 0 saturated carbocycles. The molecule has 0 saturated heterocycles. The van der Waals surface area contributed by atoms with Gasteiger partial charge in [0.25, 0.3) is 0 Å². The summed E-state index contributed by atoms with van der Waals surface area (Å²) < 4.78 is 1.90. The fraction of sp³-hybridized carbons (Fsp3) is 0.267. The summed E-state index contributed by atoms with van der Waals surface area (Å²) in [5, 5.41) is 20.1. The molecule has 0 spiro atoms. The Morgan fingerprint density at radius 2 is 2.05 bits per heavy atom. The van der Waals surface area contributed by atoms with Gasteiger partial charge in [-0.3, -0.25) is 0 Å². The largest absolute Gasteiger partial charge is 0.216 e. The first-order chi connectivity index (χ1) is 9.90. The predicted octanol–water partition coefficient (Wildman–Crippen LogP) is 3.93. The molecule has 0 fully saturated rings. The summed E-state index contributed by atoms with van der Waals surface area (Å²) in [5.74, 6) is 0. The zero-order valence-corrected chi connectivity index (χ0v) is 11.8. The number of rotatable bonds is 3. The third kappa shape index (κ3) is 2.47. The van der Waals surface area contributed by atoms with Crippen LogP contribution in [0.15, 0.2) is 41.4 Å². The molecule has 2 aromatic rings. The van der Waals surface area contributed by atoms with Crippen molar-refractivity contribution < 1.29 is 0 Å². The van der Waals surface area contributed by atoms with Crippen molar-refractivity contribution in [1.29, 1.82) is 5.26 Å². The molecule has 0 radical (unpaired) electrons. The molecule has 3 rings (SSSR count). The highest BCUT2D eigenvalue weighted by Gasteiger charge is 2.18. The number of benzene rings is 1. The summed E-state index contributed by atoms with van der Waals surface area (Å²) in [5.41, 5.74) is 3.15. The van der Waals surface area contributed by atoms with Crippen molar-refractivity contribution in [2.75, 3.05) is 0 Å². The third-order valence-electron chi connectivity index (χ3n) is 3.37. The number of hydrogen-bond acceptors (Lipinski definition) is 4. The van der Waals surface area contributed by atoms with E-state index in [1.165, 1.54) is 18.5 Å². The lowest BCUT2D eigenvalue weighted by atomic mass is 10.0. The lowest BCUT2D eigenvalue weighted by Gasteiger charge is -2.14. The maximum Gasteiger partial charge on any atom is 0.161 e. The average Bonchev–Trinajstić information content (AvgIpc) is 2.93. The first-order valence-corrected chi connectivity index (χ1v) is 7.48. The second-order valence-corrected chi connectivity index (χ2v) is 5.43. The van der Waals surface area contributed by atoms with Gasteiger partial charge in [-0.15, -0.1) is 5.10 Å². The molecule has 0 bridgehead atoms. The minimum Gasteiger partial charge on any atom is -0.216 e. The van der Waals surface area contributed by atoms with E-state index >= 15 is 0 Å². The van der Waals surface area contributed by atoms with Crippen LogP contribution in [0, 0.1) is 10.7 Å². The number of nitriles is 1. The highest BCUT2D eigenvalue weighted by Crippen LogP contribution is 2.33. The van der Waals surface area contributed by atoms with Gasteiger partial charge in [0.15, 0.2) is 5.03 Å². The van der Waals surface area contributed by atoms with Crippen molar-refractivity contribution in [2.45, 2.75) is 30.7 Å². The fourth-order valence-electron chi connectivity index (χ4n) is 2.44. The SMILES string of the molecule is N#CSc1nnn(C2=CCCCC2)c1-c1ccccc1. The fourth-order valence-corrected chi connectivity index (χ4v) is 2.90. The van der Waals surface area contributed by atoms with Crippen LogP contribution in [0.5, 0.6) is 0 Å². The number of hydrogen-bond donors (Lipinski definition) is 0. The highest BCUT2D eigenvalue weighted by atomic mass is 32.2. The first kappa shape index (κ1) is 12.9. The van der Waals surface area contributed by atoms with Crippen LogP contribution in [-0.4, -0.2) is 15.0 Å². The van der Waals surface area contributed by atoms with Gasteiger partial charge in [-0.05, 0) is 25.7 Å². The molecule has 0 atom stereocenters. The first-order valence-electron chi connectivity index (χ1n) is 6.66. The number of nitrogens with zero attached hydrogens (tertiary/aromatic N) is 4. The summed E-state index contributed by atoms with van der Waals surface area (Å²) in [7, 11) is 0. The molecule has 0 N–H and O–H groups in total. The number of allylic oxidation sites excluding steroid dienone is 2. The van der Waals surface area contributed by atoms with E-state index in [9.17, 15) is 0 Å². The Kier molecular flexibility index (Phi) is 3.84. The molecule has 100 valence electrons. The Labute approximate surface area is 122 Å². The number of thioether (sulfide) groups is 1. The molecule has 1 aromatic carbocycles. The summed E-state index contributed by atoms with van der Waals surface area (Å²) >= 11 is 1.07. The van der Waals surface area contributed by atoms with Crippen LogP contribution >= 0.6 is 11.8 Å². The zero-order chi connectivity index (χ0) is 13.8. The Balaban J connectivity index is 2.11. The van der Waals surface area contributed by atoms with Crippen molar-refractivity contribution in [3.8, 4) is 16.7 Å². The van der Waals surface area contributed by atoms with Gasteiger partial charge in [-0.2, -0.15) is 5.26 Å². The molecule has 4 nitrogen and oxygen atoms in total. The highest BCUT2D eigenvalue weighted by molar-refractivity contribution is 8.03. The van der Waals surface area contributed by atoms with Crippen molar-refractivity contribution in [3.63, 3.8) is 0 Å². The van der Waals surface area contributed by atoms with Crippen LogP contribution < -0.4 is 0 Å². The molecule has 0 aliphatic heterocycles. The van der Waals surface area contributed by atoms with Crippen LogP contribution in [0.4, 0.5) is 0 Å². The van der Waals surface area contributed by atoms with Gasteiger partial charge in [0.1, 0.15) is 11.1 Å². The van der Waals surface area contributed by atoms with Gasteiger partial charge in [0, 0.05) is 23.0 Å². The van der Waals surface area contributed by atoms with Crippen LogP contribution in [0.1, 0.15) is 25.7 Å². The smallest absolute Gasteiger partial charge is 0.161 e. The Bertz CT molecular complexity index is 667. The molecule has 1 aliphatic carbocycles. The van der Waals surface area contributed by atoms with Gasteiger partial charge in [0.05, 0.1) is 0 Å². The van der Waals surface area contributed by atoms with Crippen LogP contribution in [0.3, 0.4) is 0 Å². The lowest BCUT2D eigenvalue weighted by Crippen LogP contribution is -2.05. The predicted molar refractivity (Wildman–Crippen MR) is 79.7 cm³/mol. The minimum atomic E-state index is 0.671. The molecular weight excluding hydrogens is 268 g/mol. The third-order valence-corrected chi connectivity index (χ3v) is 3.93. The van der Waals surface area contributed by atoms with E-state index in [4.69, 9.17) is 5.26 Å². The van der Waals surface area contributed by atoms with Crippen molar-refractivity contribution >= 4 is 17.5 Å². The molecule has 5 heteroatoms. The second kappa shape index (κ2) is 5.93. The standard InChI is InChI=1S/C15H14N4S/c16-11-20-15-14(12-7-3-1-4-8-12)19(18-17-15)13-9-5-2-6-10-13/h1,3-4,7-9H,2,5-6,10H2. The van der Waals surface area contributed by atoms with Crippen molar-refractivity contribution in [2.24, 2.45) is 0 Å². The Morgan fingerprint density at radius 1 is 1.20 bits per heavy atom. The molecule has 1 heterocycles. The van der Waals surface area contributed by atoms with Crippen molar-refractivity contribution in [3.05, 3.63) is 36.4 Å². The van der Waals surface area contributed by atoms with E-state index in [0.717, 1.165) is 35.9 Å². The maximum atomic E-state index is 8.93. The van der Waals surface area contributed by atoms with Gasteiger partial charge >= 0.3 is 0 Å². The number of aromatic nitrogens is 3. The van der Waals surface area contributed by atoms with E-state index in [1.807, 2.05) is 35.0 Å². The average molecular weight is 282 g/mol. The molecule has 0 amide bonds. The molecular formula is C15H14N4S. The Hall–Kier alpha value is -2.06. The molecule has 20 heavy (non-hydrogen) atoms. The van der Waals surface area contributed by atoms with E-state index in [2.05, 4.69) is 21.8 Å². The molecule has 1 aromatic heterocycles. The van der Waals surface area contributed by atoms with E-state index in [-0.39, 0.29) is 0 Å². The van der Waals surface area contributed by atoms with Crippen LogP contribution in [-0.2, 0) is 0 Å². The lowest BCUT2D eigenvalue weighted by molar-refractivity contribution is 0.688. The summed E-state index contributed by atoms with van der Waals surface area (Å²) in [6, 6.07) is 10.0. The summed E-state index contributed by atoms with van der Waals surface area (Å²) in [4.78, 5) is 0. The van der Waals surface area contributed by atoms with E-state index < -0.39 is 0 Å².